The Kier molecular flexibility index (Phi) is 13.1. The zero-order valence-electron chi connectivity index (χ0n) is 31.5. The number of nitrogens with one attached hydrogen (secondary N) is 2. The SMILES string of the molecule is CCc1ccccc1-c1nccnc1-c1ccc(NC(=O)Cc2ccc(C(F)(F)[C@H](C)OC(=O)C(Cc3ccccc3)NC(=O)OCc3ccccc3)cc2)cc1. The van der Waals surface area contributed by atoms with Gasteiger partial charge in [-0.15, -0.1) is 0 Å². The summed E-state index contributed by atoms with van der Waals surface area (Å²) >= 11 is 0. The average Bonchev–Trinajstić information content (AvgIpc) is 3.24. The summed E-state index contributed by atoms with van der Waals surface area (Å²) in [7, 11) is 0. The molecule has 1 aromatic heterocycles. The van der Waals surface area contributed by atoms with Crippen LogP contribution >= 0.6 is 0 Å². The lowest BCUT2D eigenvalue weighted by Crippen LogP contribution is -2.46. The molecule has 0 fully saturated rings. The molecule has 0 radical (unpaired) electrons. The first-order valence-corrected chi connectivity index (χ1v) is 18.6. The van der Waals surface area contributed by atoms with Gasteiger partial charge >= 0.3 is 18.0 Å². The molecule has 11 heteroatoms. The van der Waals surface area contributed by atoms with Crippen molar-refractivity contribution in [2.75, 3.05) is 5.32 Å². The van der Waals surface area contributed by atoms with Crippen molar-refractivity contribution in [3.05, 3.63) is 174 Å². The third-order valence-electron chi connectivity index (χ3n) is 9.37. The van der Waals surface area contributed by atoms with E-state index in [0.29, 0.717) is 16.8 Å². The van der Waals surface area contributed by atoms with E-state index in [1.54, 1.807) is 79.1 Å². The normalized spacial score (nSPS) is 12.2. The second-order valence-corrected chi connectivity index (χ2v) is 13.4. The van der Waals surface area contributed by atoms with Gasteiger partial charge in [-0.25, -0.2) is 9.59 Å². The Balaban J connectivity index is 1.05. The summed E-state index contributed by atoms with van der Waals surface area (Å²) in [6.07, 6.45) is 1.32. The van der Waals surface area contributed by atoms with Crippen molar-refractivity contribution in [1.29, 1.82) is 0 Å². The number of alkyl halides is 2. The third kappa shape index (κ3) is 10.5. The minimum atomic E-state index is -3.59. The maximum Gasteiger partial charge on any atom is 0.408 e. The molecule has 57 heavy (non-hydrogen) atoms. The molecular formula is C46H42F2N4O5. The number of rotatable bonds is 15. The predicted molar refractivity (Wildman–Crippen MR) is 214 cm³/mol. The number of esters is 1. The van der Waals surface area contributed by atoms with Gasteiger partial charge in [0.1, 0.15) is 12.6 Å². The number of hydrogen-bond acceptors (Lipinski definition) is 7. The lowest BCUT2D eigenvalue weighted by atomic mass is 9.98. The molecule has 1 heterocycles. The molecule has 0 bridgehead atoms. The molecule has 0 saturated heterocycles. The van der Waals surface area contributed by atoms with Gasteiger partial charge in [-0.3, -0.25) is 14.8 Å². The van der Waals surface area contributed by atoms with Crippen molar-refractivity contribution in [2.24, 2.45) is 0 Å². The van der Waals surface area contributed by atoms with Crippen molar-refractivity contribution in [3.8, 4) is 22.5 Å². The van der Waals surface area contributed by atoms with Gasteiger partial charge in [-0.2, -0.15) is 8.78 Å². The number of aromatic nitrogens is 2. The molecule has 0 saturated carbocycles. The zero-order chi connectivity index (χ0) is 40.2. The lowest BCUT2D eigenvalue weighted by molar-refractivity contribution is -0.175. The summed E-state index contributed by atoms with van der Waals surface area (Å²) in [6, 6.07) is 37.1. The van der Waals surface area contributed by atoms with E-state index in [1.807, 2.05) is 36.4 Å². The predicted octanol–water partition coefficient (Wildman–Crippen LogP) is 9.12. The first kappa shape index (κ1) is 39.9. The molecule has 0 aliphatic rings. The number of hydrogen-bond donors (Lipinski definition) is 2. The summed E-state index contributed by atoms with van der Waals surface area (Å²) in [4.78, 5) is 48.1. The molecule has 9 nitrogen and oxygen atoms in total. The van der Waals surface area contributed by atoms with Gasteiger partial charge in [0.15, 0.2) is 6.10 Å². The van der Waals surface area contributed by atoms with Crippen LogP contribution < -0.4 is 10.6 Å². The number of halogens is 2. The van der Waals surface area contributed by atoms with Gasteiger partial charge in [-0.05, 0) is 47.7 Å². The summed E-state index contributed by atoms with van der Waals surface area (Å²) in [5, 5.41) is 5.33. The number of carbonyl (C=O) groups excluding carboxylic acids is 3. The molecule has 6 rings (SSSR count). The van der Waals surface area contributed by atoms with Crippen LogP contribution in [0.15, 0.2) is 146 Å². The number of nitrogens with zero attached hydrogens (tertiary/aromatic N) is 2. The smallest absolute Gasteiger partial charge is 0.408 e. The highest BCUT2D eigenvalue weighted by molar-refractivity contribution is 5.92. The average molecular weight is 769 g/mol. The topological polar surface area (TPSA) is 120 Å². The number of ether oxygens (including phenoxy) is 2. The van der Waals surface area contributed by atoms with Gasteiger partial charge < -0.3 is 20.1 Å². The quantitative estimate of drug-likeness (QED) is 0.100. The maximum atomic E-state index is 15.7. The molecule has 5 aromatic carbocycles. The molecular weight excluding hydrogens is 727 g/mol. The summed E-state index contributed by atoms with van der Waals surface area (Å²) in [5.74, 6) is -4.96. The van der Waals surface area contributed by atoms with Crippen LogP contribution in [0.25, 0.3) is 22.5 Å². The Morgan fingerprint density at radius 1 is 0.719 bits per heavy atom. The largest absolute Gasteiger partial charge is 0.454 e. The van der Waals surface area contributed by atoms with Gasteiger partial charge in [0.25, 0.3) is 0 Å². The van der Waals surface area contributed by atoms with E-state index in [1.165, 1.54) is 24.3 Å². The van der Waals surface area contributed by atoms with E-state index in [2.05, 4.69) is 33.6 Å². The van der Waals surface area contributed by atoms with Gasteiger partial charge in [0.2, 0.25) is 5.91 Å². The number of carbonyl (C=O) groups is 3. The monoisotopic (exact) mass is 768 g/mol. The van der Waals surface area contributed by atoms with Crippen LogP contribution in [0.4, 0.5) is 19.3 Å². The van der Waals surface area contributed by atoms with E-state index < -0.39 is 35.7 Å². The van der Waals surface area contributed by atoms with Crippen LogP contribution in [0, 0.1) is 0 Å². The Morgan fingerprint density at radius 3 is 2.00 bits per heavy atom. The maximum absolute atomic E-state index is 15.7. The number of amides is 2. The number of benzene rings is 5. The second-order valence-electron chi connectivity index (χ2n) is 13.4. The molecule has 6 aromatic rings. The van der Waals surface area contributed by atoms with Gasteiger partial charge in [-0.1, -0.05) is 128 Å². The Hall–Kier alpha value is -6.75. The van der Waals surface area contributed by atoms with E-state index in [9.17, 15) is 14.4 Å². The molecule has 290 valence electrons. The standard InChI is InChI=1S/C46H42F2N4O5/c1-3-35-16-10-11-17-39(35)43-42(49-26-27-50-43)36-20-24-38(25-21-36)51-41(53)29-33-18-22-37(23-19-33)46(47,48)31(2)57-44(54)40(28-32-12-6-4-7-13-32)52-45(55)56-30-34-14-8-5-9-15-34/h4-27,31,40H,3,28-30H2,1-2H3,(H,51,53)(H,52,55)/t31-,40?/m0/s1. The summed E-state index contributed by atoms with van der Waals surface area (Å²) < 4.78 is 41.9. The van der Waals surface area contributed by atoms with E-state index >= 15 is 8.78 Å². The number of anilines is 1. The van der Waals surface area contributed by atoms with E-state index in [0.717, 1.165) is 47.0 Å². The van der Waals surface area contributed by atoms with Gasteiger partial charge in [0, 0.05) is 41.2 Å². The molecule has 2 atom stereocenters. The second kappa shape index (κ2) is 18.7. The molecule has 2 amide bonds. The zero-order valence-corrected chi connectivity index (χ0v) is 31.5. The minimum absolute atomic E-state index is 0.00395. The van der Waals surface area contributed by atoms with Crippen LogP contribution in [0.5, 0.6) is 0 Å². The molecule has 0 aliphatic carbocycles. The fraction of sp³-hybridized carbons (Fsp3) is 0.196. The number of aryl methyl sites for hydroxylation is 1. The Bertz CT molecular complexity index is 2270. The highest BCUT2D eigenvalue weighted by atomic mass is 19.3. The van der Waals surface area contributed by atoms with Crippen LogP contribution in [-0.4, -0.2) is 40.1 Å². The van der Waals surface area contributed by atoms with Crippen LogP contribution in [0.1, 0.15) is 41.7 Å². The molecule has 1 unspecified atom stereocenters. The van der Waals surface area contributed by atoms with Crippen molar-refractivity contribution < 1.29 is 32.6 Å². The van der Waals surface area contributed by atoms with Crippen LogP contribution in [0.2, 0.25) is 0 Å². The Morgan fingerprint density at radius 2 is 1.33 bits per heavy atom. The van der Waals surface area contributed by atoms with Crippen molar-refractivity contribution in [2.45, 2.75) is 57.8 Å². The molecule has 2 N–H and O–H groups in total. The van der Waals surface area contributed by atoms with E-state index in [-0.39, 0.29) is 25.4 Å². The molecule has 0 aliphatic heterocycles. The fourth-order valence-electron chi connectivity index (χ4n) is 6.27. The minimum Gasteiger partial charge on any atom is -0.454 e. The first-order valence-electron chi connectivity index (χ1n) is 18.6. The fourth-order valence-corrected chi connectivity index (χ4v) is 6.27. The highest BCUT2D eigenvalue weighted by Crippen LogP contribution is 2.34. The summed E-state index contributed by atoms with van der Waals surface area (Å²) in [6.45, 7) is 3.14. The van der Waals surface area contributed by atoms with Crippen LogP contribution in [0.3, 0.4) is 0 Å². The third-order valence-corrected chi connectivity index (χ3v) is 9.37. The van der Waals surface area contributed by atoms with Crippen molar-refractivity contribution in [1.82, 2.24) is 15.3 Å². The lowest BCUT2D eigenvalue weighted by Gasteiger charge is -2.26. The summed E-state index contributed by atoms with van der Waals surface area (Å²) in [5.41, 5.74) is 6.60. The highest BCUT2D eigenvalue weighted by Gasteiger charge is 2.42. The Labute approximate surface area is 330 Å². The van der Waals surface area contributed by atoms with Crippen LogP contribution in [-0.2, 0) is 50.9 Å². The van der Waals surface area contributed by atoms with E-state index in [4.69, 9.17) is 9.47 Å². The van der Waals surface area contributed by atoms with Crippen molar-refractivity contribution in [3.63, 3.8) is 0 Å². The molecule has 0 spiro atoms. The van der Waals surface area contributed by atoms with Gasteiger partial charge in [0.05, 0.1) is 17.8 Å². The first-order chi connectivity index (χ1) is 27.6. The number of alkyl carbamates (subject to hydrolysis) is 1. The van der Waals surface area contributed by atoms with Crippen molar-refractivity contribution >= 4 is 23.7 Å².